The standard InChI is InChI=1S/C12H18N2O/c1-8-5-4-6-11(7-8)9(2)14-10(3)12(13)15/h4-7,9-10,14H,1-3H3,(H2,13,15)/t9-,10?/m1/s1. The summed E-state index contributed by atoms with van der Waals surface area (Å²) in [5.74, 6) is -0.325. The number of carbonyl (C=O) groups excluding carboxylic acids is 1. The van der Waals surface area contributed by atoms with Crippen molar-refractivity contribution in [3.05, 3.63) is 35.4 Å². The lowest BCUT2D eigenvalue weighted by Crippen LogP contribution is -2.39. The molecule has 0 aromatic heterocycles. The molecule has 0 saturated heterocycles. The molecule has 0 heterocycles. The molecule has 3 heteroatoms. The molecule has 0 radical (unpaired) electrons. The van der Waals surface area contributed by atoms with Crippen LogP contribution in [-0.4, -0.2) is 11.9 Å². The first-order valence-corrected chi connectivity index (χ1v) is 5.12. The number of hydrogen-bond acceptors (Lipinski definition) is 2. The van der Waals surface area contributed by atoms with Gasteiger partial charge in [0.2, 0.25) is 5.91 Å². The topological polar surface area (TPSA) is 55.1 Å². The molecule has 1 unspecified atom stereocenters. The number of nitrogens with two attached hydrogens (primary N) is 1. The summed E-state index contributed by atoms with van der Waals surface area (Å²) in [7, 11) is 0. The van der Waals surface area contributed by atoms with Crippen LogP contribution < -0.4 is 11.1 Å². The normalized spacial score (nSPS) is 14.6. The summed E-state index contributed by atoms with van der Waals surface area (Å²) >= 11 is 0. The molecule has 0 fully saturated rings. The summed E-state index contributed by atoms with van der Waals surface area (Å²) in [4.78, 5) is 10.9. The van der Waals surface area contributed by atoms with Gasteiger partial charge < -0.3 is 5.73 Å². The molecule has 1 rings (SSSR count). The van der Waals surface area contributed by atoms with Gasteiger partial charge in [0.25, 0.3) is 0 Å². The molecule has 3 N–H and O–H groups in total. The number of rotatable bonds is 4. The molecule has 1 aromatic rings. The van der Waals surface area contributed by atoms with Gasteiger partial charge in [-0.2, -0.15) is 0 Å². The van der Waals surface area contributed by atoms with E-state index in [4.69, 9.17) is 5.73 Å². The maximum atomic E-state index is 10.9. The fraction of sp³-hybridized carbons (Fsp3) is 0.417. The second-order valence-electron chi connectivity index (χ2n) is 3.93. The van der Waals surface area contributed by atoms with Gasteiger partial charge in [0.1, 0.15) is 0 Å². The van der Waals surface area contributed by atoms with Crippen molar-refractivity contribution in [2.75, 3.05) is 0 Å². The number of hydrogen-bond donors (Lipinski definition) is 2. The van der Waals surface area contributed by atoms with Gasteiger partial charge in [0, 0.05) is 6.04 Å². The van der Waals surface area contributed by atoms with Crippen molar-refractivity contribution in [2.24, 2.45) is 5.73 Å². The minimum absolute atomic E-state index is 0.132. The van der Waals surface area contributed by atoms with Gasteiger partial charge in [0.15, 0.2) is 0 Å². The van der Waals surface area contributed by atoms with Crippen molar-refractivity contribution in [3.8, 4) is 0 Å². The number of carbonyl (C=O) groups is 1. The average Bonchev–Trinajstić information content (AvgIpc) is 2.17. The smallest absolute Gasteiger partial charge is 0.234 e. The maximum absolute atomic E-state index is 10.9. The van der Waals surface area contributed by atoms with Crippen molar-refractivity contribution in [2.45, 2.75) is 32.9 Å². The number of benzene rings is 1. The quantitative estimate of drug-likeness (QED) is 0.784. The van der Waals surface area contributed by atoms with Crippen molar-refractivity contribution in [1.29, 1.82) is 0 Å². The molecule has 1 aromatic carbocycles. The van der Waals surface area contributed by atoms with Gasteiger partial charge in [-0.25, -0.2) is 0 Å². The second-order valence-corrected chi connectivity index (χ2v) is 3.93. The maximum Gasteiger partial charge on any atom is 0.234 e. The summed E-state index contributed by atoms with van der Waals surface area (Å²) in [6, 6.07) is 8.03. The zero-order valence-corrected chi connectivity index (χ0v) is 9.45. The Balaban J connectivity index is 2.68. The summed E-state index contributed by atoms with van der Waals surface area (Å²) in [6.07, 6.45) is 0. The zero-order valence-electron chi connectivity index (χ0n) is 9.45. The Morgan fingerprint density at radius 2 is 2.07 bits per heavy atom. The molecule has 15 heavy (non-hydrogen) atoms. The Morgan fingerprint density at radius 1 is 1.40 bits per heavy atom. The third kappa shape index (κ3) is 3.36. The lowest BCUT2D eigenvalue weighted by Gasteiger charge is -2.18. The van der Waals surface area contributed by atoms with Crippen LogP contribution in [0.5, 0.6) is 0 Å². The molecule has 1 amide bonds. The number of amides is 1. The Kier molecular flexibility index (Phi) is 3.86. The number of nitrogens with one attached hydrogen (secondary N) is 1. The molecule has 0 aliphatic carbocycles. The number of aryl methyl sites for hydroxylation is 1. The first kappa shape index (κ1) is 11.7. The molecule has 0 aliphatic heterocycles. The Morgan fingerprint density at radius 3 is 2.60 bits per heavy atom. The summed E-state index contributed by atoms with van der Waals surface area (Å²) in [5, 5.41) is 3.15. The average molecular weight is 206 g/mol. The first-order valence-electron chi connectivity index (χ1n) is 5.12. The van der Waals surface area contributed by atoms with Crippen molar-refractivity contribution in [3.63, 3.8) is 0 Å². The fourth-order valence-electron chi connectivity index (χ4n) is 1.49. The first-order chi connectivity index (χ1) is 7.00. The van der Waals surface area contributed by atoms with E-state index >= 15 is 0 Å². The van der Waals surface area contributed by atoms with E-state index < -0.39 is 0 Å². The van der Waals surface area contributed by atoms with Crippen LogP contribution in [-0.2, 0) is 4.79 Å². The van der Waals surface area contributed by atoms with Crippen molar-refractivity contribution < 1.29 is 4.79 Å². The second kappa shape index (κ2) is 4.94. The lowest BCUT2D eigenvalue weighted by molar-refractivity contribution is -0.119. The van der Waals surface area contributed by atoms with Crippen molar-refractivity contribution in [1.82, 2.24) is 5.32 Å². The Bertz CT molecular complexity index is 349. The Labute approximate surface area is 90.7 Å². The Hall–Kier alpha value is -1.35. The van der Waals surface area contributed by atoms with E-state index in [0.717, 1.165) is 0 Å². The van der Waals surface area contributed by atoms with E-state index in [1.165, 1.54) is 11.1 Å². The van der Waals surface area contributed by atoms with E-state index in [0.29, 0.717) is 0 Å². The summed E-state index contributed by atoms with van der Waals surface area (Å²) < 4.78 is 0. The highest BCUT2D eigenvalue weighted by Gasteiger charge is 2.12. The molecule has 0 spiro atoms. The minimum Gasteiger partial charge on any atom is -0.368 e. The van der Waals surface area contributed by atoms with E-state index in [1.54, 1.807) is 6.92 Å². The van der Waals surface area contributed by atoms with Gasteiger partial charge in [0.05, 0.1) is 6.04 Å². The van der Waals surface area contributed by atoms with E-state index in [-0.39, 0.29) is 18.0 Å². The SMILES string of the molecule is Cc1cccc([C@@H](C)NC(C)C(N)=O)c1. The van der Waals surface area contributed by atoms with Crippen LogP contribution in [0.15, 0.2) is 24.3 Å². The molecule has 0 bridgehead atoms. The molecular weight excluding hydrogens is 188 g/mol. The third-order valence-corrected chi connectivity index (χ3v) is 2.47. The van der Waals surface area contributed by atoms with Crippen LogP contribution in [0.4, 0.5) is 0 Å². The monoisotopic (exact) mass is 206 g/mol. The van der Waals surface area contributed by atoms with Crippen LogP contribution in [0.2, 0.25) is 0 Å². The van der Waals surface area contributed by atoms with E-state index in [2.05, 4.69) is 11.4 Å². The van der Waals surface area contributed by atoms with E-state index in [1.807, 2.05) is 32.0 Å². The zero-order chi connectivity index (χ0) is 11.4. The summed E-state index contributed by atoms with van der Waals surface area (Å²) in [6.45, 7) is 5.84. The van der Waals surface area contributed by atoms with Crippen molar-refractivity contribution >= 4 is 5.91 Å². The van der Waals surface area contributed by atoms with Gasteiger partial charge >= 0.3 is 0 Å². The number of primary amides is 1. The molecule has 2 atom stereocenters. The van der Waals surface area contributed by atoms with Gasteiger partial charge in [-0.1, -0.05) is 29.8 Å². The predicted molar refractivity (Wildman–Crippen MR) is 61.4 cm³/mol. The minimum atomic E-state index is -0.325. The van der Waals surface area contributed by atoms with Gasteiger partial charge in [-0.3, -0.25) is 10.1 Å². The summed E-state index contributed by atoms with van der Waals surface area (Å²) in [5.41, 5.74) is 7.58. The van der Waals surface area contributed by atoms with Gasteiger partial charge in [-0.15, -0.1) is 0 Å². The van der Waals surface area contributed by atoms with E-state index in [9.17, 15) is 4.79 Å². The molecule has 0 aliphatic rings. The highest BCUT2D eigenvalue weighted by Crippen LogP contribution is 2.14. The van der Waals surface area contributed by atoms with Crippen LogP contribution in [0.3, 0.4) is 0 Å². The largest absolute Gasteiger partial charge is 0.368 e. The highest BCUT2D eigenvalue weighted by atomic mass is 16.1. The predicted octanol–water partition coefficient (Wildman–Crippen LogP) is 1.52. The lowest BCUT2D eigenvalue weighted by atomic mass is 10.1. The van der Waals surface area contributed by atoms with Gasteiger partial charge in [-0.05, 0) is 26.3 Å². The third-order valence-electron chi connectivity index (χ3n) is 2.47. The highest BCUT2D eigenvalue weighted by molar-refractivity contribution is 5.79. The fourth-order valence-corrected chi connectivity index (χ4v) is 1.49. The molecule has 0 saturated carbocycles. The molecule has 3 nitrogen and oxygen atoms in total. The molecular formula is C12H18N2O. The van der Waals surface area contributed by atoms with Crippen LogP contribution in [0.1, 0.15) is 31.0 Å². The van der Waals surface area contributed by atoms with Crippen LogP contribution >= 0.6 is 0 Å². The molecule has 82 valence electrons. The van der Waals surface area contributed by atoms with Crippen LogP contribution in [0, 0.1) is 6.92 Å². The van der Waals surface area contributed by atoms with Crippen LogP contribution in [0.25, 0.3) is 0 Å².